The lowest BCUT2D eigenvalue weighted by molar-refractivity contribution is 1.12. The molecule has 23 heavy (non-hydrogen) atoms. The molecule has 0 aliphatic carbocycles. The summed E-state index contributed by atoms with van der Waals surface area (Å²) in [6, 6.07) is 16.0. The molecule has 0 saturated carbocycles. The van der Waals surface area contributed by atoms with Gasteiger partial charge in [0.1, 0.15) is 5.82 Å². The van der Waals surface area contributed by atoms with Crippen molar-refractivity contribution in [3.05, 3.63) is 66.5 Å². The summed E-state index contributed by atoms with van der Waals surface area (Å²) in [4.78, 5) is 9.01. The monoisotopic (exact) mass is 301 g/mol. The molecule has 0 radical (unpaired) electrons. The van der Waals surface area contributed by atoms with Crippen molar-refractivity contribution in [3.63, 3.8) is 0 Å². The summed E-state index contributed by atoms with van der Waals surface area (Å²) in [6.45, 7) is 2.06. The van der Waals surface area contributed by atoms with Crippen LogP contribution in [0, 0.1) is 6.92 Å². The van der Waals surface area contributed by atoms with Crippen molar-refractivity contribution in [2.75, 3.05) is 5.32 Å². The molecule has 0 amide bonds. The maximum atomic E-state index is 4.62. The lowest BCUT2D eigenvalue weighted by atomic mass is 10.1. The van der Waals surface area contributed by atoms with Gasteiger partial charge in [-0.2, -0.15) is 5.10 Å². The smallest absolute Gasteiger partial charge is 0.161 e. The molecule has 0 aliphatic rings. The Labute approximate surface area is 133 Å². The molecule has 0 atom stereocenters. The normalized spacial score (nSPS) is 10.8. The summed E-state index contributed by atoms with van der Waals surface area (Å²) >= 11 is 0. The molecular weight excluding hydrogens is 286 g/mol. The fourth-order valence-electron chi connectivity index (χ4n) is 2.55. The molecule has 2 aromatic heterocycles. The molecule has 2 aromatic carbocycles. The maximum Gasteiger partial charge on any atom is 0.161 e. The molecule has 2 heterocycles. The predicted octanol–water partition coefficient (Wildman–Crippen LogP) is 4.07. The fourth-order valence-corrected chi connectivity index (χ4v) is 2.55. The van der Waals surface area contributed by atoms with Crippen LogP contribution in [-0.4, -0.2) is 20.2 Å². The van der Waals surface area contributed by atoms with Gasteiger partial charge < -0.3 is 5.32 Å². The van der Waals surface area contributed by atoms with Gasteiger partial charge in [0.15, 0.2) is 5.82 Å². The SMILES string of the molecule is Cc1ccccc1-c1nccc(Nc2ccc3[nH]ncc3c2)n1. The number of rotatable bonds is 3. The minimum absolute atomic E-state index is 0.720. The van der Waals surface area contributed by atoms with E-state index in [9.17, 15) is 0 Å². The molecule has 0 saturated heterocycles. The molecule has 0 aliphatic heterocycles. The summed E-state index contributed by atoms with van der Waals surface area (Å²) in [6.07, 6.45) is 3.58. The van der Waals surface area contributed by atoms with E-state index < -0.39 is 0 Å². The van der Waals surface area contributed by atoms with E-state index in [-0.39, 0.29) is 0 Å². The number of nitrogens with one attached hydrogen (secondary N) is 2. The average molecular weight is 301 g/mol. The van der Waals surface area contributed by atoms with Crippen molar-refractivity contribution in [2.45, 2.75) is 6.92 Å². The van der Waals surface area contributed by atoms with Gasteiger partial charge in [0.05, 0.1) is 11.7 Å². The quantitative estimate of drug-likeness (QED) is 0.598. The first-order valence-electron chi connectivity index (χ1n) is 7.39. The van der Waals surface area contributed by atoms with Gasteiger partial charge in [-0.15, -0.1) is 0 Å². The van der Waals surface area contributed by atoms with E-state index in [2.05, 4.69) is 38.5 Å². The van der Waals surface area contributed by atoms with Gasteiger partial charge >= 0.3 is 0 Å². The molecule has 5 nitrogen and oxygen atoms in total. The van der Waals surface area contributed by atoms with Crippen LogP contribution in [0.4, 0.5) is 11.5 Å². The van der Waals surface area contributed by atoms with E-state index in [1.54, 1.807) is 12.4 Å². The zero-order chi connectivity index (χ0) is 15.6. The Morgan fingerprint density at radius 3 is 2.87 bits per heavy atom. The van der Waals surface area contributed by atoms with E-state index in [0.717, 1.165) is 39.4 Å². The second-order valence-corrected chi connectivity index (χ2v) is 5.38. The van der Waals surface area contributed by atoms with Gasteiger partial charge in [0, 0.05) is 22.8 Å². The Bertz CT molecular complexity index is 974. The highest BCUT2D eigenvalue weighted by molar-refractivity contribution is 5.82. The molecule has 4 rings (SSSR count). The Kier molecular flexibility index (Phi) is 3.24. The van der Waals surface area contributed by atoms with Gasteiger partial charge in [0.2, 0.25) is 0 Å². The molecule has 4 aromatic rings. The number of aromatic amines is 1. The van der Waals surface area contributed by atoms with Crippen LogP contribution in [0.15, 0.2) is 60.9 Å². The second-order valence-electron chi connectivity index (χ2n) is 5.38. The van der Waals surface area contributed by atoms with E-state index in [1.165, 1.54) is 0 Å². The molecule has 0 spiro atoms. The minimum Gasteiger partial charge on any atom is -0.340 e. The van der Waals surface area contributed by atoms with Crippen molar-refractivity contribution in [1.29, 1.82) is 0 Å². The number of aromatic nitrogens is 4. The van der Waals surface area contributed by atoms with Crippen LogP contribution in [0.25, 0.3) is 22.3 Å². The van der Waals surface area contributed by atoms with Crippen LogP contribution in [-0.2, 0) is 0 Å². The fraction of sp³-hybridized carbons (Fsp3) is 0.0556. The first-order valence-corrected chi connectivity index (χ1v) is 7.39. The lowest BCUT2D eigenvalue weighted by Crippen LogP contribution is -1.97. The third-order valence-corrected chi connectivity index (χ3v) is 3.75. The summed E-state index contributed by atoms with van der Waals surface area (Å²) < 4.78 is 0. The van der Waals surface area contributed by atoms with Gasteiger partial charge in [-0.25, -0.2) is 9.97 Å². The van der Waals surface area contributed by atoms with Crippen LogP contribution < -0.4 is 5.32 Å². The second kappa shape index (κ2) is 5.53. The number of aryl methyl sites for hydroxylation is 1. The van der Waals surface area contributed by atoms with Crippen molar-refractivity contribution >= 4 is 22.4 Å². The molecule has 0 unspecified atom stereocenters. The van der Waals surface area contributed by atoms with Crippen LogP contribution in [0.5, 0.6) is 0 Å². The third-order valence-electron chi connectivity index (χ3n) is 3.75. The number of hydrogen-bond donors (Lipinski definition) is 2. The van der Waals surface area contributed by atoms with E-state index in [1.807, 2.05) is 42.5 Å². The van der Waals surface area contributed by atoms with E-state index in [0.29, 0.717) is 0 Å². The van der Waals surface area contributed by atoms with E-state index in [4.69, 9.17) is 0 Å². The zero-order valence-electron chi connectivity index (χ0n) is 12.6. The molecular formula is C18H15N5. The number of fused-ring (bicyclic) bond motifs is 1. The Hall–Kier alpha value is -3.21. The third kappa shape index (κ3) is 2.64. The molecule has 2 N–H and O–H groups in total. The number of hydrogen-bond acceptors (Lipinski definition) is 4. The van der Waals surface area contributed by atoms with Crippen LogP contribution in [0.1, 0.15) is 5.56 Å². The van der Waals surface area contributed by atoms with Gasteiger partial charge in [0.25, 0.3) is 0 Å². The summed E-state index contributed by atoms with van der Waals surface area (Å²) in [5.41, 5.74) is 4.18. The van der Waals surface area contributed by atoms with Crippen LogP contribution in [0.3, 0.4) is 0 Å². The number of benzene rings is 2. The Morgan fingerprint density at radius 1 is 1.04 bits per heavy atom. The first-order chi connectivity index (χ1) is 11.3. The van der Waals surface area contributed by atoms with Crippen LogP contribution in [0.2, 0.25) is 0 Å². The lowest BCUT2D eigenvalue weighted by Gasteiger charge is -2.08. The Balaban J connectivity index is 1.67. The van der Waals surface area contributed by atoms with Crippen molar-refractivity contribution in [2.24, 2.45) is 0 Å². The summed E-state index contributed by atoms with van der Waals surface area (Å²) in [7, 11) is 0. The van der Waals surface area contributed by atoms with Crippen molar-refractivity contribution in [3.8, 4) is 11.4 Å². The largest absolute Gasteiger partial charge is 0.340 e. The number of H-pyrrole nitrogens is 1. The molecule has 0 fully saturated rings. The van der Waals surface area contributed by atoms with Gasteiger partial charge in [-0.1, -0.05) is 24.3 Å². The van der Waals surface area contributed by atoms with Crippen molar-refractivity contribution in [1.82, 2.24) is 20.2 Å². The van der Waals surface area contributed by atoms with Crippen molar-refractivity contribution < 1.29 is 0 Å². The van der Waals surface area contributed by atoms with Gasteiger partial charge in [-0.05, 0) is 36.8 Å². The standard InChI is InChI=1S/C18H15N5/c1-12-4-2-3-5-15(12)18-19-9-8-17(22-18)21-14-6-7-16-13(10-14)11-20-23-16/h2-11H,1H3,(H,20,23)(H,19,21,22). The van der Waals surface area contributed by atoms with Crippen LogP contribution >= 0.6 is 0 Å². The Morgan fingerprint density at radius 2 is 1.96 bits per heavy atom. The number of anilines is 2. The highest BCUT2D eigenvalue weighted by Crippen LogP contribution is 2.23. The molecule has 5 heteroatoms. The number of nitrogens with zero attached hydrogens (tertiary/aromatic N) is 3. The summed E-state index contributed by atoms with van der Waals surface area (Å²) in [5, 5.41) is 11.4. The average Bonchev–Trinajstić information content (AvgIpc) is 3.03. The molecule has 112 valence electrons. The predicted molar refractivity (Wildman–Crippen MR) is 91.6 cm³/mol. The van der Waals surface area contributed by atoms with E-state index >= 15 is 0 Å². The summed E-state index contributed by atoms with van der Waals surface area (Å²) in [5.74, 6) is 1.48. The highest BCUT2D eigenvalue weighted by Gasteiger charge is 2.06. The topological polar surface area (TPSA) is 66.5 Å². The maximum absolute atomic E-state index is 4.62. The minimum atomic E-state index is 0.720. The molecule has 0 bridgehead atoms. The zero-order valence-corrected chi connectivity index (χ0v) is 12.6. The van der Waals surface area contributed by atoms with Gasteiger partial charge in [-0.3, -0.25) is 5.10 Å². The highest BCUT2D eigenvalue weighted by atomic mass is 15.1. The first kappa shape index (κ1) is 13.5.